The Balaban J connectivity index is 1.84. The van der Waals surface area contributed by atoms with Crippen LogP contribution < -0.4 is 0 Å². The molecule has 0 aromatic heterocycles. The normalized spacial score (nSPS) is 20.5. The minimum Gasteiger partial charge on any atom is -0.460 e. The number of ether oxygens (including phenoxy) is 1. The highest BCUT2D eigenvalue weighted by molar-refractivity contribution is 7.91. The third kappa shape index (κ3) is 2.79. The summed E-state index contributed by atoms with van der Waals surface area (Å²) in [5.41, 5.74) is 0.877. The SMILES string of the molecule is CC1(C)CN(CC(=O)OCc2ccccc2)S1(=O)=O. The highest BCUT2D eigenvalue weighted by atomic mass is 32.2. The van der Waals surface area contributed by atoms with Crippen molar-refractivity contribution in [2.24, 2.45) is 0 Å². The minimum absolute atomic E-state index is 0.164. The van der Waals surface area contributed by atoms with E-state index < -0.39 is 20.7 Å². The highest BCUT2D eigenvalue weighted by Crippen LogP contribution is 2.32. The Morgan fingerprint density at radius 2 is 1.95 bits per heavy atom. The minimum atomic E-state index is -3.35. The molecular weight excluding hydrogens is 266 g/mol. The fraction of sp³-hybridized carbons (Fsp3) is 0.462. The summed E-state index contributed by atoms with van der Waals surface area (Å²) in [5, 5.41) is 0. The second kappa shape index (κ2) is 4.94. The van der Waals surface area contributed by atoms with E-state index in [0.29, 0.717) is 6.54 Å². The molecule has 1 aliphatic rings. The van der Waals surface area contributed by atoms with Gasteiger partial charge in [-0.15, -0.1) is 0 Å². The number of esters is 1. The summed E-state index contributed by atoms with van der Waals surface area (Å²) >= 11 is 0. The Morgan fingerprint density at radius 3 is 2.47 bits per heavy atom. The van der Waals surface area contributed by atoms with Gasteiger partial charge in [0.05, 0.1) is 4.75 Å². The van der Waals surface area contributed by atoms with Crippen molar-refractivity contribution in [2.45, 2.75) is 25.2 Å². The molecule has 0 saturated carbocycles. The summed E-state index contributed by atoms with van der Waals surface area (Å²) < 4.78 is 29.0. The van der Waals surface area contributed by atoms with Gasteiger partial charge in [0.25, 0.3) is 0 Å². The first-order valence-corrected chi connectivity index (χ1v) is 7.46. The monoisotopic (exact) mass is 283 g/mol. The van der Waals surface area contributed by atoms with Crippen molar-refractivity contribution in [2.75, 3.05) is 13.1 Å². The Labute approximate surface area is 113 Å². The predicted octanol–water partition coefficient (Wildman–Crippen LogP) is 1.15. The van der Waals surface area contributed by atoms with Gasteiger partial charge in [-0.1, -0.05) is 30.3 Å². The van der Waals surface area contributed by atoms with Crippen LogP contribution in [0.3, 0.4) is 0 Å². The lowest BCUT2D eigenvalue weighted by molar-refractivity contribution is -0.145. The first kappa shape index (κ1) is 14.0. The smallest absolute Gasteiger partial charge is 0.321 e. The Kier molecular flexibility index (Phi) is 3.64. The van der Waals surface area contributed by atoms with Crippen LogP contribution in [-0.2, 0) is 26.2 Å². The molecule has 0 aliphatic carbocycles. The van der Waals surface area contributed by atoms with E-state index in [-0.39, 0.29) is 13.2 Å². The average Bonchev–Trinajstić information content (AvgIpc) is 2.37. The Bertz CT molecular complexity index is 566. The van der Waals surface area contributed by atoms with E-state index in [1.807, 2.05) is 30.3 Å². The van der Waals surface area contributed by atoms with Crippen molar-refractivity contribution in [3.05, 3.63) is 35.9 Å². The molecule has 19 heavy (non-hydrogen) atoms. The molecule has 1 aromatic carbocycles. The number of rotatable bonds is 4. The molecule has 0 amide bonds. The maximum Gasteiger partial charge on any atom is 0.321 e. The molecule has 1 saturated heterocycles. The van der Waals surface area contributed by atoms with Crippen LogP contribution in [0.4, 0.5) is 0 Å². The Hall–Kier alpha value is -1.40. The molecule has 0 bridgehead atoms. The Morgan fingerprint density at radius 1 is 1.32 bits per heavy atom. The predicted molar refractivity (Wildman–Crippen MR) is 70.8 cm³/mol. The molecular formula is C13H17NO4S. The fourth-order valence-corrected chi connectivity index (χ4v) is 3.51. The largest absolute Gasteiger partial charge is 0.460 e. The molecule has 1 heterocycles. The molecule has 0 atom stereocenters. The van der Waals surface area contributed by atoms with Crippen molar-refractivity contribution in [1.82, 2.24) is 4.31 Å². The van der Waals surface area contributed by atoms with Crippen molar-refractivity contribution >= 4 is 16.0 Å². The van der Waals surface area contributed by atoms with Crippen LogP contribution >= 0.6 is 0 Å². The summed E-state index contributed by atoms with van der Waals surface area (Å²) in [4.78, 5) is 11.6. The summed E-state index contributed by atoms with van der Waals surface area (Å²) in [5.74, 6) is -0.525. The van der Waals surface area contributed by atoms with Crippen LogP contribution in [0, 0.1) is 0 Å². The van der Waals surface area contributed by atoms with E-state index in [0.717, 1.165) is 9.87 Å². The number of carbonyl (C=O) groups is 1. The third-order valence-corrected chi connectivity index (χ3v) is 5.61. The molecule has 1 aromatic rings. The van der Waals surface area contributed by atoms with E-state index in [9.17, 15) is 13.2 Å². The van der Waals surface area contributed by atoms with Gasteiger partial charge < -0.3 is 4.74 Å². The lowest BCUT2D eigenvalue weighted by atomic mass is 10.2. The molecule has 0 radical (unpaired) electrons. The molecule has 104 valence electrons. The maximum absolute atomic E-state index is 11.8. The maximum atomic E-state index is 11.8. The number of hydrogen-bond donors (Lipinski definition) is 0. The van der Waals surface area contributed by atoms with Crippen LogP contribution in [0.15, 0.2) is 30.3 Å². The molecule has 2 rings (SSSR count). The van der Waals surface area contributed by atoms with E-state index in [1.165, 1.54) is 0 Å². The topological polar surface area (TPSA) is 63.7 Å². The zero-order valence-corrected chi connectivity index (χ0v) is 11.8. The number of hydrogen-bond acceptors (Lipinski definition) is 4. The highest BCUT2D eigenvalue weighted by Gasteiger charge is 2.51. The summed E-state index contributed by atoms with van der Waals surface area (Å²) in [6.45, 7) is 3.60. The zero-order chi connectivity index (χ0) is 14.1. The molecule has 5 nitrogen and oxygen atoms in total. The average molecular weight is 283 g/mol. The van der Waals surface area contributed by atoms with Crippen molar-refractivity contribution in [1.29, 1.82) is 0 Å². The van der Waals surface area contributed by atoms with Gasteiger partial charge in [-0.25, -0.2) is 8.42 Å². The van der Waals surface area contributed by atoms with Gasteiger partial charge in [0, 0.05) is 6.54 Å². The fourth-order valence-electron chi connectivity index (χ4n) is 1.94. The molecule has 1 aliphatic heterocycles. The van der Waals surface area contributed by atoms with Crippen LogP contribution in [0.1, 0.15) is 19.4 Å². The van der Waals surface area contributed by atoms with Crippen LogP contribution in [0.5, 0.6) is 0 Å². The van der Waals surface area contributed by atoms with Gasteiger partial charge in [0.15, 0.2) is 0 Å². The number of sulfonamides is 1. The van der Waals surface area contributed by atoms with E-state index in [4.69, 9.17) is 4.74 Å². The molecule has 0 unspecified atom stereocenters. The van der Waals surface area contributed by atoms with Crippen molar-refractivity contribution in [3.8, 4) is 0 Å². The number of benzene rings is 1. The number of nitrogens with zero attached hydrogens (tertiary/aromatic N) is 1. The van der Waals surface area contributed by atoms with Crippen LogP contribution in [0.2, 0.25) is 0 Å². The van der Waals surface area contributed by atoms with Crippen LogP contribution in [-0.4, -0.2) is 36.5 Å². The molecule has 6 heteroatoms. The summed E-state index contributed by atoms with van der Waals surface area (Å²) in [7, 11) is -3.35. The summed E-state index contributed by atoms with van der Waals surface area (Å²) in [6, 6.07) is 9.27. The first-order valence-electron chi connectivity index (χ1n) is 6.02. The molecule has 1 fully saturated rings. The van der Waals surface area contributed by atoms with E-state index in [1.54, 1.807) is 13.8 Å². The van der Waals surface area contributed by atoms with Gasteiger partial charge in [0.1, 0.15) is 13.2 Å². The standard InChI is InChI=1S/C13H17NO4S/c1-13(2)10-14(19(13,16)17)8-12(15)18-9-11-6-4-3-5-7-11/h3-7H,8-10H2,1-2H3. The second-order valence-corrected chi connectivity index (χ2v) is 7.75. The first-order chi connectivity index (χ1) is 8.83. The lowest BCUT2D eigenvalue weighted by Crippen LogP contribution is -2.63. The van der Waals surface area contributed by atoms with E-state index in [2.05, 4.69) is 0 Å². The van der Waals surface area contributed by atoms with Gasteiger partial charge in [-0.3, -0.25) is 4.79 Å². The molecule has 0 spiro atoms. The van der Waals surface area contributed by atoms with Crippen molar-refractivity contribution < 1.29 is 17.9 Å². The third-order valence-electron chi connectivity index (χ3n) is 3.14. The molecule has 0 N–H and O–H groups in total. The van der Waals surface area contributed by atoms with Gasteiger partial charge in [-0.05, 0) is 19.4 Å². The lowest BCUT2D eigenvalue weighted by Gasteiger charge is -2.43. The quantitative estimate of drug-likeness (QED) is 0.778. The van der Waals surface area contributed by atoms with Gasteiger partial charge in [0.2, 0.25) is 10.0 Å². The number of carbonyl (C=O) groups excluding carboxylic acids is 1. The van der Waals surface area contributed by atoms with Gasteiger partial charge >= 0.3 is 5.97 Å². The van der Waals surface area contributed by atoms with E-state index >= 15 is 0 Å². The van der Waals surface area contributed by atoms with Gasteiger partial charge in [-0.2, -0.15) is 4.31 Å². The summed E-state index contributed by atoms with van der Waals surface area (Å²) in [6.07, 6.45) is 0. The van der Waals surface area contributed by atoms with Crippen molar-refractivity contribution in [3.63, 3.8) is 0 Å². The van der Waals surface area contributed by atoms with Crippen LogP contribution in [0.25, 0.3) is 0 Å². The zero-order valence-electron chi connectivity index (χ0n) is 11.0. The second-order valence-electron chi connectivity index (χ2n) is 5.18.